The summed E-state index contributed by atoms with van der Waals surface area (Å²) in [5, 5.41) is 4.41. The number of nitrogens with zero attached hydrogens (tertiary/aromatic N) is 1. The Labute approximate surface area is 173 Å². The van der Waals surface area contributed by atoms with Crippen LogP contribution in [0.3, 0.4) is 0 Å². The SMILES string of the molecule is CCc1ccc(CN2CCC(C(=O)NCCc3c[nH]c4ccccc34)CC2)cc1. The number of aromatic amines is 1. The Hall–Kier alpha value is -2.59. The lowest BCUT2D eigenvalue weighted by molar-refractivity contribution is -0.126. The Morgan fingerprint density at radius 1 is 1.07 bits per heavy atom. The fourth-order valence-corrected chi connectivity index (χ4v) is 4.29. The van der Waals surface area contributed by atoms with E-state index in [-0.39, 0.29) is 11.8 Å². The van der Waals surface area contributed by atoms with Gasteiger partial charge in [0.15, 0.2) is 0 Å². The first kappa shape index (κ1) is 19.7. The molecule has 1 aliphatic heterocycles. The van der Waals surface area contributed by atoms with Gasteiger partial charge in [-0.25, -0.2) is 0 Å². The maximum absolute atomic E-state index is 12.6. The van der Waals surface area contributed by atoms with Gasteiger partial charge >= 0.3 is 0 Å². The zero-order valence-corrected chi connectivity index (χ0v) is 17.3. The molecule has 0 unspecified atom stereocenters. The average molecular weight is 390 g/mol. The lowest BCUT2D eigenvalue weighted by atomic mass is 9.95. The molecule has 2 heterocycles. The van der Waals surface area contributed by atoms with Crippen molar-refractivity contribution < 1.29 is 4.79 Å². The van der Waals surface area contributed by atoms with E-state index < -0.39 is 0 Å². The molecule has 0 atom stereocenters. The predicted octanol–water partition coefficient (Wildman–Crippen LogP) is 4.30. The summed E-state index contributed by atoms with van der Waals surface area (Å²) < 4.78 is 0. The normalized spacial score (nSPS) is 15.6. The van der Waals surface area contributed by atoms with Crippen molar-refractivity contribution in [1.82, 2.24) is 15.2 Å². The summed E-state index contributed by atoms with van der Waals surface area (Å²) in [6, 6.07) is 17.2. The molecule has 1 saturated heterocycles. The van der Waals surface area contributed by atoms with Crippen molar-refractivity contribution in [1.29, 1.82) is 0 Å². The van der Waals surface area contributed by atoms with Gasteiger partial charge in [-0.2, -0.15) is 0 Å². The van der Waals surface area contributed by atoms with Crippen LogP contribution in [-0.2, 0) is 24.2 Å². The summed E-state index contributed by atoms with van der Waals surface area (Å²) in [5.74, 6) is 0.369. The highest BCUT2D eigenvalue weighted by Gasteiger charge is 2.24. The predicted molar refractivity (Wildman–Crippen MR) is 119 cm³/mol. The van der Waals surface area contributed by atoms with Crippen molar-refractivity contribution in [3.05, 3.63) is 71.4 Å². The van der Waals surface area contributed by atoms with Crippen LogP contribution in [0.1, 0.15) is 36.5 Å². The number of carbonyl (C=O) groups excluding carboxylic acids is 1. The van der Waals surface area contributed by atoms with Crippen molar-refractivity contribution in [3.8, 4) is 0 Å². The summed E-state index contributed by atoms with van der Waals surface area (Å²) >= 11 is 0. The second-order valence-corrected chi connectivity index (χ2v) is 8.12. The molecule has 2 aromatic carbocycles. The van der Waals surface area contributed by atoms with E-state index in [0.29, 0.717) is 6.54 Å². The molecule has 1 amide bonds. The molecule has 29 heavy (non-hydrogen) atoms. The maximum atomic E-state index is 12.6. The number of H-pyrrole nitrogens is 1. The van der Waals surface area contributed by atoms with Gasteiger partial charge in [-0.15, -0.1) is 0 Å². The number of hydrogen-bond acceptors (Lipinski definition) is 2. The molecule has 0 aliphatic carbocycles. The molecule has 0 spiro atoms. The molecule has 4 nitrogen and oxygen atoms in total. The summed E-state index contributed by atoms with van der Waals surface area (Å²) in [5.41, 5.74) is 5.18. The number of rotatable bonds is 7. The van der Waals surface area contributed by atoms with E-state index in [1.54, 1.807) is 0 Å². The van der Waals surface area contributed by atoms with Crippen LogP contribution in [0.25, 0.3) is 10.9 Å². The summed E-state index contributed by atoms with van der Waals surface area (Å²) in [6.45, 7) is 5.86. The number of aromatic nitrogens is 1. The zero-order valence-electron chi connectivity index (χ0n) is 17.3. The highest BCUT2D eigenvalue weighted by Crippen LogP contribution is 2.20. The highest BCUT2D eigenvalue weighted by molar-refractivity contribution is 5.83. The molecule has 1 fully saturated rings. The van der Waals surface area contributed by atoms with Crippen molar-refractivity contribution in [2.75, 3.05) is 19.6 Å². The third-order valence-corrected chi connectivity index (χ3v) is 6.16. The Kier molecular flexibility index (Phi) is 6.30. The van der Waals surface area contributed by atoms with Gasteiger partial charge in [0, 0.05) is 36.1 Å². The number of aryl methyl sites for hydroxylation is 1. The van der Waals surface area contributed by atoms with Crippen LogP contribution in [0, 0.1) is 5.92 Å². The number of carbonyl (C=O) groups is 1. The molecule has 0 radical (unpaired) electrons. The van der Waals surface area contributed by atoms with Crippen molar-refractivity contribution in [2.45, 2.75) is 39.2 Å². The Morgan fingerprint density at radius 3 is 2.55 bits per heavy atom. The first-order valence-corrected chi connectivity index (χ1v) is 10.9. The van der Waals surface area contributed by atoms with Crippen LogP contribution >= 0.6 is 0 Å². The Morgan fingerprint density at radius 2 is 1.79 bits per heavy atom. The minimum atomic E-state index is 0.150. The van der Waals surface area contributed by atoms with Gasteiger partial charge in [-0.3, -0.25) is 9.69 Å². The van der Waals surface area contributed by atoms with Gasteiger partial charge in [-0.05, 0) is 61.5 Å². The van der Waals surface area contributed by atoms with Crippen LogP contribution in [-0.4, -0.2) is 35.4 Å². The summed E-state index contributed by atoms with van der Waals surface area (Å²) in [6.07, 6.45) is 5.91. The second kappa shape index (κ2) is 9.27. The maximum Gasteiger partial charge on any atom is 0.223 e. The van der Waals surface area contributed by atoms with E-state index in [9.17, 15) is 4.79 Å². The molecule has 152 valence electrons. The summed E-state index contributed by atoms with van der Waals surface area (Å²) in [7, 11) is 0. The van der Waals surface area contributed by atoms with Crippen LogP contribution in [0.4, 0.5) is 0 Å². The molecular weight excluding hydrogens is 358 g/mol. The first-order chi connectivity index (χ1) is 14.2. The number of para-hydroxylation sites is 1. The minimum absolute atomic E-state index is 0.150. The fraction of sp³-hybridized carbons (Fsp3) is 0.400. The van der Waals surface area contributed by atoms with Gasteiger partial charge < -0.3 is 10.3 Å². The zero-order chi connectivity index (χ0) is 20.1. The molecule has 4 heteroatoms. The molecule has 3 aromatic rings. The number of amides is 1. The lowest BCUT2D eigenvalue weighted by Crippen LogP contribution is -2.40. The molecule has 0 bridgehead atoms. The van der Waals surface area contributed by atoms with Gasteiger partial charge in [0.25, 0.3) is 0 Å². The molecule has 2 N–H and O–H groups in total. The van der Waals surface area contributed by atoms with E-state index in [1.807, 2.05) is 6.07 Å². The number of likely N-dealkylation sites (tertiary alicyclic amines) is 1. The number of fused-ring (bicyclic) bond motifs is 1. The van der Waals surface area contributed by atoms with E-state index in [2.05, 4.69) is 70.8 Å². The van der Waals surface area contributed by atoms with Gasteiger partial charge in [0.05, 0.1) is 0 Å². The van der Waals surface area contributed by atoms with Gasteiger partial charge in [0.2, 0.25) is 5.91 Å². The monoisotopic (exact) mass is 389 g/mol. The summed E-state index contributed by atoms with van der Waals surface area (Å²) in [4.78, 5) is 18.4. The van der Waals surface area contributed by atoms with E-state index in [1.165, 1.54) is 22.1 Å². The van der Waals surface area contributed by atoms with E-state index >= 15 is 0 Å². The van der Waals surface area contributed by atoms with Crippen molar-refractivity contribution >= 4 is 16.8 Å². The van der Waals surface area contributed by atoms with E-state index in [0.717, 1.165) is 50.8 Å². The van der Waals surface area contributed by atoms with Crippen LogP contribution < -0.4 is 5.32 Å². The van der Waals surface area contributed by atoms with Gasteiger partial charge in [0.1, 0.15) is 0 Å². The Balaban J connectivity index is 1.20. The fourth-order valence-electron chi connectivity index (χ4n) is 4.29. The van der Waals surface area contributed by atoms with Gasteiger partial charge in [-0.1, -0.05) is 49.4 Å². The third-order valence-electron chi connectivity index (χ3n) is 6.16. The topological polar surface area (TPSA) is 48.1 Å². The van der Waals surface area contributed by atoms with E-state index in [4.69, 9.17) is 0 Å². The lowest BCUT2D eigenvalue weighted by Gasteiger charge is -2.31. The molecule has 1 aromatic heterocycles. The van der Waals surface area contributed by atoms with Crippen LogP contribution in [0.15, 0.2) is 54.7 Å². The third kappa shape index (κ3) is 4.88. The molecule has 1 aliphatic rings. The molecular formula is C25H31N3O. The number of hydrogen-bond donors (Lipinski definition) is 2. The average Bonchev–Trinajstić information content (AvgIpc) is 3.18. The minimum Gasteiger partial charge on any atom is -0.361 e. The number of nitrogens with one attached hydrogen (secondary N) is 2. The highest BCUT2D eigenvalue weighted by atomic mass is 16.1. The van der Waals surface area contributed by atoms with Crippen LogP contribution in [0.2, 0.25) is 0 Å². The number of piperidine rings is 1. The van der Waals surface area contributed by atoms with Crippen molar-refractivity contribution in [3.63, 3.8) is 0 Å². The quantitative estimate of drug-likeness (QED) is 0.633. The standard InChI is InChI=1S/C25H31N3O/c1-2-19-7-9-20(10-8-19)18-28-15-12-21(13-16-28)25(29)26-14-11-22-17-27-24-6-4-3-5-23(22)24/h3-10,17,21,27H,2,11-16,18H2,1H3,(H,26,29). The Bertz CT molecular complexity index is 936. The number of benzene rings is 2. The van der Waals surface area contributed by atoms with Crippen LogP contribution in [0.5, 0.6) is 0 Å². The van der Waals surface area contributed by atoms with Crippen molar-refractivity contribution in [2.24, 2.45) is 5.92 Å². The first-order valence-electron chi connectivity index (χ1n) is 10.9. The molecule has 0 saturated carbocycles. The largest absolute Gasteiger partial charge is 0.361 e. The smallest absolute Gasteiger partial charge is 0.223 e. The molecule has 4 rings (SSSR count). The second-order valence-electron chi connectivity index (χ2n) is 8.12.